The highest BCUT2D eigenvalue weighted by Gasteiger charge is 2.49. The number of imidazole rings is 1. The third kappa shape index (κ3) is 18.2. The largest absolute Gasteiger partial charge is 0.487 e. The molecule has 3 unspecified atom stereocenters. The number of guanidine groups is 1. The number of rotatable bonds is 34. The molecule has 0 radical (unpaired) electrons. The quantitative estimate of drug-likeness (QED) is 0.00464. The molecule has 2 fully saturated rings. The molecule has 3 heterocycles. The number of benzene rings is 10. The zero-order valence-corrected chi connectivity index (χ0v) is 71.8. The Kier molecular flexibility index (Phi) is 26.2. The number of sulfonamides is 1. The summed E-state index contributed by atoms with van der Waals surface area (Å²) in [5.74, 6) is -6.71. The van der Waals surface area contributed by atoms with Crippen molar-refractivity contribution in [3.05, 3.63) is 376 Å². The van der Waals surface area contributed by atoms with Crippen molar-refractivity contribution in [3.8, 4) is 5.75 Å². The number of likely N-dealkylation sites (tertiary alicyclic amines) is 1. The predicted octanol–water partition coefficient (Wildman–Crippen LogP) is 13.3. The van der Waals surface area contributed by atoms with Crippen LogP contribution in [0.1, 0.15) is 137 Å². The number of nitrogens with one attached hydrogen (secondary N) is 7. The molecule has 24 heteroatoms. The van der Waals surface area contributed by atoms with Crippen LogP contribution in [-0.4, -0.2) is 131 Å². The van der Waals surface area contributed by atoms with Crippen LogP contribution in [0.25, 0.3) is 0 Å². The molecule has 2 aliphatic heterocycles. The van der Waals surface area contributed by atoms with Crippen LogP contribution in [0.3, 0.4) is 0 Å². The third-order valence-electron chi connectivity index (χ3n) is 24.9. The molecule has 8 N–H and O–H groups in total. The molecule has 126 heavy (non-hydrogen) atoms. The van der Waals surface area contributed by atoms with Gasteiger partial charge >= 0.3 is 11.9 Å². The van der Waals surface area contributed by atoms with Gasteiger partial charge < -0.3 is 55.4 Å². The normalized spacial score (nSPS) is 17.3. The van der Waals surface area contributed by atoms with Gasteiger partial charge in [-0.05, 0) is 129 Å². The van der Waals surface area contributed by atoms with Crippen LogP contribution in [0, 0.1) is 43.9 Å². The Balaban J connectivity index is 0.798. The minimum absolute atomic E-state index is 0.0353. The number of carboxylic acid groups (broad SMARTS) is 1. The number of nitrogens with zero attached hydrogens (tertiary/aromatic N) is 3. The maximum absolute atomic E-state index is 16.5. The zero-order valence-electron chi connectivity index (χ0n) is 71.0. The number of hydrogen-bond acceptors (Lipinski definition) is 14. The van der Waals surface area contributed by atoms with Gasteiger partial charge in [-0.2, -0.15) is 0 Å². The van der Waals surface area contributed by atoms with Gasteiger partial charge in [0.15, 0.2) is 5.60 Å². The summed E-state index contributed by atoms with van der Waals surface area (Å²) in [6.07, 6.45) is 8.89. The number of aromatic nitrogens is 2. The Bertz CT molecular complexity index is 5610. The minimum atomic E-state index is -4.47. The van der Waals surface area contributed by atoms with Crippen molar-refractivity contribution in [2.45, 2.75) is 150 Å². The van der Waals surface area contributed by atoms with Crippen LogP contribution in [0.4, 0.5) is 0 Å². The summed E-state index contributed by atoms with van der Waals surface area (Å²) >= 11 is 0. The molecule has 15 rings (SSSR count). The van der Waals surface area contributed by atoms with Gasteiger partial charge in [0.25, 0.3) is 10.0 Å². The fourth-order valence-corrected chi connectivity index (χ4v) is 20.3. The highest BCUT2D eigenvalue weighted by Crippen LogP contribution is 2.48. The van der Waals surface area contributed by atoms with E-state index in [2.05, 4.69) is 43.5 Å². The van der Waals surface area contributed by atoms with E-state index in [1.807, 2.05) is 214 Å². The van der Waals surface area contributed by atoms with Crippen LogP contribution in [0.5, 0.6) is 5.75 Å². The molecule has 8 atom stereocenters. The molecule has 11 aromatic rings. The van der Waals surface area contributed by atoms with Gasteiger partial charge in [-0.25, -0.2) is 22.9 Å². The van der Waals surface area contributed by atoms with Gasteiger partial charge in [0, 0.05) is 65.9 Å². The number of hydrogen-bond donors (Lipinski definition) is 8. The summed E-state index contributed by atoms with van der Waals surface area (Å²) in [6.45, 7) is 8.43. The lowest BCUT2D eigenvalue weighted by Gasteiger charge is -2.37. The molecular formula is C102H104N10O13S. The van der Waals surface area contributed by atoms with Crippen molar-refractivity contribution in [3.63, 3.8) is 0 Å². The first-order valence-electron chi connectivity index (χ1n) is 42.9. The molecule has 1 saturated carbocycles. The lowest BCUT2D eigenvalue weighted by molar-refractivity contribution is -0.157. The Labute approximate surface area is 734 Å². The van der Waals surface area contributed by atoms with E-state index in [1.165, 1.54) is 0 Å². The average molecular weight is 1710 g/mol. The van der Waals surface area contributed by atoms with Crippen LogP contribution in [0.2, 0.25) is 0 Å². The summed E-state index contributed by atoms with van der Waals surface area (Å²) in [7, 11) is -4.47. The number of aliphatic carboxylic acids is 1. The SMILES string of the molecule is Cc1c(C)c(S(=O)(=O)NC(=N)NCCC[C@H](NC(=O)[C@H](COC(c2ccccc2)(c2ccccc2)c2ccccc2)NC(=O)[C@H](Cc2cn(C(c3ccccc3)(c3ccccc3)c3ccccc3)cn2)NC(=O)[C@@H]2CCCN2C(=O)C2CC3C=CC2C3)C(=O)N[C@@H](CC(=O)OC(c2ccccc2)(c2ccccc2)c2ccccc2)C(=O)O)c(C)c2c1CC(C)(C)O2. The first-order valence-corrected chi connectivity index (χ1v) is 44.4. The molecule has 1 aromatic heterocycles. The molecule has 646 valence electrons. The van der Waals surface area contributed by atoms with Crippen molar-refractivity contribution in [1.82, 2.24) is 45.8 Å². The van der Waals surface area contributed by atoms with Crippen molar-refractivity contribution in [2.75, 3.05) is 19.7 Å². The van der Waals surface area contributed by atoms with Crippen LogP contribution in [-0.2, 0) is 82.6 Å². The maximum Gasteiger partial charge on any atom is 0.326 e. The smallest absolute Gasteiger partial charge is 0.326 e. The van der Waals surface area contributed by atoms with E-state index < -0.39 is 117 Å². The molecule has 5 amide bonds. The fourth-order valence-electron chi connectivity index (χ4n) is 18.8. The number of carbonyl (C=O) groups excluding carboxylic acids is 6. The molecule has 2 bridgehead atoms. The first kappa shape index (κ1) is 87.3. The molecule has 10 aromatic carbocycles. The summed E-state index contributed by atoms with van der Waals surface area (Å²) < 4.78 is 53.7. The minimum Gasteiger partial charge on any atom is -0.487 e. The van der Waals surface area contributed by atoms with E-state index in [1.54, 1.807) is 116 Å². The van der Waals surface area contributed by atoms with E-state index in [9.17, 15) is 23.1 Å². The fraction of sp³-hybridized carbons (Fsp3) is 0.284. The number of amides is 5. The number of ether oxygens (including phenoxy) is 3. The molecule has 2 aliphatic carbocycles. The van der Waals surface area contributed by atoms with Crippen LogP contribution < -0.4 is 36.0 Å². The van der Waals surface area contributed by atoms with Gasteiger partial charge in [-0.3, -0.25) is 34.2 Å². The second kappa shape index (κ2) is 37.9. The monoisotopic (exact) mass is 1710 g/mol. The van der Waals surface area contributed by atoms with Gasteiger partial charge in [-0.1, -0.05) is 285 Å². The maximum atomic E-state index is 16.5. The topological polar surface area (TPSA) is 319 Å². The van der Waals surface area contributed by atoms with E-state index in [0.717, 1.165) is 34.2 Å². The highest BCUT2D eigenvalue weighted by molar-refractivity contribution is 7.90. The first-order chi connectivity index (χ1) is 60.9. The Morgan fingerprint density at radius 1 is 0.563 bits per heavy atom. The van der Waals surface area contributed by atoms with Crippen molar-refractivity contribution in [2.24, 2.45) is 17.8 Å². The van der Waals surface area contributed by atoms with E-state index in [0.29, 0.717) is 88.2 Å². The number of carboxylic acids is 1. The second-order valence-corrected chi connectivity index (χ2v) is 35.2. The van der Waals surface area contributed by atoms with E-state index in [4.69, 9.17) is 24.6 Å². The van der Waals surface area contributed by atoms with Crippen LogP contribution >= 0.6 is 0 Å². The Morgan fingerprint density at radius 3 is 1.48 bits per heavy atom. The molecular weight excluding hydrogens is 1610 g/mol. The van der Waals surface area contributed by atoms with E-state index >= 15 is 24.0 Å². The molecule has 23 nitrogen and oxygen atoms in total. The molecule has 0 spiro atoms. The van der Waals surface area contributed by atoms with Crippen molar-refractivity contribution < 1.29 is 61.3 Å². The van der Waals surface area contributed by atoms with Crippen LogP contribution in [0.15, 0.2) is 303 Å². The Hall–Kier alpha value is -13.6. The molecule has 4 aliphatic rings. The summed E-state index contributed by atoms with van der Waals surface area (Å²) in [5.41, 5.74) is 3.96. The number of esters is 1. The standard InChI is InChI=1S/C102H104N10O13S/c1-67-68(2)91(69(3)90-83(67)63-99(4,5)125-90)126(121,122)110-98(103)104-57-33-53-84(92(114)108-86(97(119)120)62-89(113)124-102(78-47-27-12-28-48-78,79-49-29-13-30-50-79)80-51-31-14-32-52-80)106-94(116)87(65-123-101(75-41-21-9-22-42-75,76-43-23-10-24-44-76)77-45-25-11-26-46-77)109-93(115)85(107-95(117)88-54-34-58-112(88)96(118)82-60-70-55-56-71(82)59-70)61-81-64-111(66-105-81)100(72-35-15-6-16-36-72,73-37-17-7-18-38-73)74-39-19-8-20-40-74/h6-32,35-52,55-56,64,66,70-71,82,84-88H,33-34,53-54,57-63,65H2,1-5H3,(H,106,116)(H,107,117)(H,108,114)(H,109,115)(H,119,120)(H3,103,104,110)/t70?,71?,82?,84-,85-,86-,87-,88-/m0/s1. The summed E-state index contributed by atoms with van der Waals surface area (Å²) in [6, 6.07) is 76.2. The second-order valence-electron chi connectivity index (χ2n) is 33.6. The summed E-state index contributed by atoms with van der Waals surface area (Å²) in [4.78, 5) is 115. The molecule has 1 saturated heterocycles. The lowest BCUT2D eigenvalue weighted by atomic mass is 9.77. The number of fused-ring (bicyclic) bond motifs is 3. The zero-order chi connectivity index (χ0) is 88.3. The average Bonchev–Trinajstić information content (AvgIpc) is 1.59. The van der Waals surface area contributed by atoms with Gasteiger partial charge in [0.1, 0.15) is 52.7 Å². The van der Waals surface area contributed by atoms with Crippen molar-refractivity contribution >= 4 is 57.5 Å². The van der Waals surface area contributed by atoms with Gasteiger partial charge in [-0.15, -0.1) is 0 Å². The van der Waals surface area contributed by atoms with Gasteiger partial charge in [0.05, 0.1) is 29.9 Å². The predicted molar refractivity (Wildman–Crippen MR) is 479 cm³/mol. The van der Waals surface area contributed by atoms with Gasteiger partial charge in [0.2, 0.25) is 35.5 Å². The Morgan fingerprint density at radius 2 is 1.02 bits per heavy atom. The highest BCUT2D eigenvalue weighted by atomic mass is 32.2. The summed E-state index contributed by atoms with van der Waals surface area (Å²) in [5, 5.41) is 34.6. The van der Waals surface area contributed by atoms with Crippen molar-refractivity contribution in [1.29, 1.82) is 5.41 Å². The van der Waals surface area contributed by atoms with E-state index in [-0.39, 0.29) is 54.4 Å². The number of carbonyl (C=O) groups is 7. The third-order valence-corrected chi connectivity index (χ3v) is 26.5. The lowest BCUT2D eigenvalue weighted by Crippen LogP contribution is -2.60. The number of allylic oxidation sites excluding steroid dienone is 2.